The highest BCUT2D eigenvalue weighted by Crippen LogP contribution is 2.25. The number of aromatic amines is 1. The van der Waals surface area contributed by atoms with Crippen LogP contribution in [0.2, 0.25) is 0 Å². The van der Waals surface area contributed by atoms with Gasteiger partial charge in [-0.05, 0) is 6.92 Å². The molecule has 0 saturated carbocycles. The number of alkyl halides is 3. The van der Waals surface area contributed by atoms with Crippen LogP contribution in [0.3, 0.4) is 0 Å². The summed E-state index contributed by atoms with van der Waals surface area (Å²) in [5.41, 5.74) is -1.92. The molecule has 1 rings (SSSR count). The smallest absolute Gasteiger partial charge is 0.477 e. The monoisotopic (exact) mass is 237 g/mol. The number of H-pyrrole nitrogens is 1. The Kier molecular flexibility index (Phi) is 2.92. The molecule has 0 bridgehead atoms. The van der Waals surface area contributed by atoms with Crippen molar-refractivity contribution < 1.29 is 27.8 Å². The zero-order chi connectivity index (χ0) is 12.5. The summed E-state index contributed by atoms with van der Waals surface area (Å²) in [7, 11) is 0. The molecule has 2 N–H and O–H groups in total. The van der Waals surface area contributed by atoms with Crippen LogP contribution in [0.5, 0.6) is 5.75 Å². The van der Waals surface area contributed by atoms with Crippen LogP contribution in [-0.4, -0.2) is 22.4 Å². The molecule has 8 heteroatoms. The van der Waals surface area contributed by atoms with E-state index in [-0.39, 0.29) is 5.56 Å². The molecular weight excluding hydrogens is 231 g/mol. The van der Waals surface area contributed by atoms with Crippen LogP contribution >= 0.6 is 0 Å². The average Bonchev–Trinajstić information content (AvgIpc) is 2.07. The molecule has 16 heavy (non-hydrogen) atoms. The minimum absolute atomic E-state index is 0.301. The van der Waals surface area contributed by atoms with E-state index in [4.69, 9.17) is 5.11 Å². The molecule has 0 amide bonds. The highest BCUT2D eigenvalue weighted by atomic mass is 19.4. The first-order chi connectivity index (χ1) is 7.20. The fraction of sp³-hybridized carbons (Fsp3) is 0.250. The normalized spacial score (nSPS) is 11.2. The van der Waals surface area contributed by atoms with Gasteiger partial charge in [0.2, 0.25) is 0 Å². The summed E-state index contributed by atoms with van der Waals surface area (Å²) >= 11 is 0. The van der Waals surface area contributed by atoms with Gasteiger partial charge in [-0.3, -0.25) is 4.79 Å². The van der Waals surface area contributed by atoms with E-state index in [2.05, 4.69) is 4.74 Å². The molecule has 0 atom stereocenters. The molecule has 1 aromatic heterocycles. The van der Waals surface area contributed by atoms with Crippen molar-refractivity contribution in [1.29, 1.82) is 0 Å². The minimum Gasteiger partial charge on any atom is -0.477 e. The zero-order valence-corrected chi connectivity index (χ0v) is 7.88. The van der Waals surface area contributed by atoms with Crippen LogP contribution in [0.25, 0.3) is 0 Å². The van der Waals surface area contributed by atoms with Crippen LogP contribution in [0.4, 0.5) is 13.2 Å². The number of halogens is 3. The van der Waals surface area contributed by atoms with Crippen LogP contribution in [-0.2, 0) is 0 Å². The van der Waals surface area contributed by atoms with Gasteiger partial charge in [-0.2, -0.15) is 0 Å². The molecule has 0 aliphatic rings. The van der Waals surface area contributed by atoms with Crippen molar-refractivity contribution in [3.05, 3.63) is 27.7 Å². The number of hydrogen-bond donors (Lipinski definition) is 2. The topological polar surface area (TPSA) is 79.4 Å². The molecular formula is C8H6F3NO4. The molecule has 0 unspecified atom stereocenters. The molecule has 88 valence electrons. The van der Waals surface area contributed by atoms with Crippen molar-refractivity contribution in [2.45, 2.75) is 13.3 Å². The predicted octanol–water partition coefficient (Wildman–Crippen LogP) is 1.28. The highest BCUT2D eigenvalue weighted by Gasteiger charge is 2.32. The number of aromatic carboxylic acids is 1. The zero-order valence-electron chi connectivity index (χ0n) is 7.88. The fourth-order valence-corrected chi connectivity index (χ4v) is 1.05. The first kappa shape index (κ1) is 12.1. The highest BCUT2D eigenvalue weighted by molar-refractivity contribution is 5.87. The lowest BCUT2D eigenvalue weighted by molar-refractivity contribution is -0.274. The van der Waals surface area contributed by atoms with Gasteiger partial charge in [-0.1, -0.05) is 0 Å². The van der Waals surface area contributed by atoms with E-state index in [1.165, 1.54) is 0 Å². The van der Waals surface area contributed by atoms with Gasteiger partial charge in [0, 0.05) is 11.6 Å². The van der Waals surface area contributed by atoms with Crippen molar-refractivity contribution in [2.75, 3.05) is 0 Å². The van der Waals surface area contributed by atoms with E-state index in [9.17, 15) is 22.8 Å². The third-order valence-corrected chi connectivity index (χ3v) is 1.69. The van der Waals surface area contributed by atoms with Gasteiger partial charge in [-0.15, -0.1) is 13.2 Å². The Labute approximate surface area is 86.5 Å². The molecule has 0 aliphatic carbocycles. The largest absolute Gasteiger partial charge is 0.573 e. The van der Waals surface area contributed by atoms with E-state index in [1.807, 2.05) is 4.98 Å². The van der Waals surface area contributed by atoms with Gasteiger partial charge in [0.15, 0.2) is 0 Å². The molecule has 1 aromatic rings. The lowest BCUT2D eigenvalue weighted by atomic mass is 10.2. The molecule has 0 fully saturated rings. The van der Waals surface area contributed by atoms with E-state index in [1.54, 1.807) is 0 Å². The lowest BCUT2D eigenvalue weighted by Crippen LogP contribution is -2.22. The third-order valence-electron chi connectivity index (χ3n) is 1.69. The third kappa shape index (κ3) is 2.75. The number of hydrogen-bond acceptors (Lipinski definition) is 3. The van der Waals surface area contributed by atoms with Crippen molar-refractivity contribution in [1.82, 2.24) is 4.98 Å². The second kappa shape index (κ2) is 3.87. The standard InChI is InChI=1S/C8H6F3NO4/c1-3-4(16-8(9,10)11)2-5(13)12-6(3)7(14)15/h2H,1H3,(H,12,13)(H,14,15). The second-order valence-electron chi connectivity index (χ2n) is 2.85. The first-order valence-corrected chi connectivity index (χ1v) is 3.93. The summed E-state index contributed by atoms with van der Waals surface area (Å²) in [5.74, 6) is -2.36. The number of nitrogens with one attached hydrogen (secondary N) is 1. The van der Waals surface area contributed by atoms with Gasteiger partial charge < -0.3 is 14.8 Å². The lowest BCUT2D eigenvalue weighted by Gasteiger charge is -2.11. The Morgan fingerprint density at radius 3 is 2.50 bits per heavy atom. The Bertz CT molecular complexity index is 477. The number of carboxylic acids is 1. The number of aromatic nitrogens is 1. The van der Waals surface area contributed by atoms with Gasteiger partial charge in [0.05, 0.1) is 0 Å². The Morgan fingerprint density at radius 1 is 1.50 bits per heavy atom. The van der Waals surface area contributed by atoms with E-state index in [0.29, 0.717) is 6.07 Å². The van der Waals surface area contributed by atoms with Crippen LogP contribution < -0.4 is 10.3 Å². The summed E-state index contributed by atoms with van der Waals surface area (Å²) in [4.78, 5) is 23.4. The Balaban J connectivity index is 3.30. The maximum absolute atomic E-state index is 11.9. The fourth-order valence-electron chi connectivity index (χ4n) is 1.05. The molecule has 0 saturated heterocycles. The number of rotatable bonds is 2. The molecule has 0 radical (unpaired) electrons. The quantitative estimate of drug-likeness (QED) is 0.811. The van der Waals surface area contributed by atoms with Crippen molar-refractivity contribution in [3.8, 4) is 5.75 Å². The van der Waals surface area contributed by atoms with E-state index in [0.717, 1.165) is 6.92 Å². The van der Waals surface area contributed by atoms with Gasteiger partial charge in [-0.25, -0.2) is 4.79 Å². The SMILES string of the molecule is Cc1c(OC(F)(F)F)cc(=O)[nH]c1C(=O)O. The van der Waals surface area contributed by atoms with Gasteiger partial charge in [0.1, 0.15) is 11.4 Å². The molecule has 1 heterocycles. The van der Waals surface area contributed by atoms with E-state index < -0.39 is 29.3 Å². The van der Waals surface area contributed by atoms with E-state index >= 15 is 0 Å². The van der Waals surface area contributed by atoms with Crippen LogP contribution in [0.15, 0.2) is 10.9 Å². The molecule has 0 spiro atoms. The van der Waals surface area contributed by atoms with Crippen molar-refractivity contribution >= 4 is 5.97 Å². The average molecular weight is 237 g/mol. The van der Waals surface area contributed by atoms with Crippen LogP contribution in [0, 0.1) is 6.92 Å². The summed E-state index contributed by atoms with van der Waals surface area (Å²) in [6, 6.07) is 0.537. The Hall–Kier alpha value is -1.99. The van der Waals surface area contributed by atoms with Gasteiger partial charge >= 0.3 is 12.3 Å². The summed E-state index contributed by atoms with van der Waals surface area (Å²) in [6.07, 6.45) is -4.98. The maximum Gasteiger partial charge on any atom is 0.573 e. The van der Waals surface area contributed by atoms with Crippen LogP contribution in [0.1, 0.15) is 16.1 Å². The number of pyridine rings is 1. The molecule has 0 aliphatic heterocycles. The van der Waals surface area contributed by atoms with Gasteiger partial charge in [0.25, 0.3) is 5.56 Å². The molecule has 0 aromatic carbocycles. The van der Waals surface area contributed by atoms with Crippen molar-refractivity contribution in [3.63, 3.8) is 0 Å². The number of ether oxygens (including phenoxy) is 1. The Morgan fingerprint density at radius 2 is 2.06 bits per heavy atom. The first-order valence-electron chi connectivity index (χ1n) is 3.93. The minimum atomic E-state index is -4.98. The number of carbonyl (C=O) groups is 1. The van der Waals surface area contributed by atoms with Crippen molar-refractivity contribution in [2.24, 2.45) is 0 Å². The predicted molar refractivity (Wildman–Crippen MR) is 45.4 cm³/mol. The summed E-state index contributed by atoms with van der Waals surface area (Å²) in [5, 5.41) is 8.61. The second-order valence-corrected chi connectivity index (χ2v) is 2.85. The maximum atomic E-state index is 11.9. The summed E-state index contributed by atoms with van der Waals surface area (Å²) < 4.78 is 39.2. The summed E-state index contributed by atoms with van der Waals surface area (Å²) in [6.45, 7) is 1.10. The molecule has 5 nitrogen and oxygen atoms in total. The number of carboxylic acid groups (broad SMARTS) is 1.